The van der Waals surface area contributed by atoms with Gasteiger partial charge in [0.15, 0.2) is 0 Å². The molecule has 0 spiro atoms. The Morgan fingerprint density at radius 1 is 1.00 bits per heavy atom. The van der Waals surface area contributed by atoms with Crippen LogP contribution in [0.5, 0.6) is 0 Å². The molecule has 4 heteroatoms. The van der Waals surface area contributed by atoms with Crippen molar-refractivity contribution in [3.8, 4) is 0 Å². The van der Waals surface area contributed by atoms with Gasteiger partial charge >= 0.3 is 0 Å². The van der Waals surface area contributed by atoms with Crippen molar-refractivity contribution < 1.29 is 4.74 Å². The maximum atomic E-state index is 5.54. The van der Waals surface area contributed by atoms with Crippen LogP contribution in [0.3, 0.4) is 0 Å². The third-order valence-corrected chi connectivity index (χ3v) is 5.52. The van der Waals surface area contributed by atoms with Gasteiger partial charge in [-0.1, -0.05) is 0 Å². The number of piperidine rings is 1. The standard InChI is InChI=1S/C16H33N3O/c1-18(2)16(6-5-7-16)13-19(3)12-15(14-20-4)8-10-17-11-9-15/h17H,5-14H2,1-4H3. The zero-order valence-corrected chi connectivity index (χ0v) is 13.9. The number of hydrogen-bond acceptors (Lipinski definition) is 4. The second kappa shape index (κ2) is 6.73. The fraction of sp³-hybridized carbons (Fsp3) is 1.00. The van der Waals surface area contributed by atoms with Crippen LogP contribution in [-0.2, 0) is 4.74 Å². The first-order valence-electron chi connectivity index (χ1n) is 8.08. The van der Waals surface area contributed by atoms with Crippen molar-refractivity contribution in [3.63, 3.8) is 0 Å². The van der Waals surface area contributed by atoms with Crippen LogP contribution in [0, 0.1) is 5.41 Å². The highest BCUT2D eigenvalue weighted by Gasteiger charge is 2.41. The Balaban J connectivity index is 1.92. The predicted molar refractivity (Wildman–Crippen MR) is 84.2 cm³/mol. The monoisotopic (exact) mass is 283 g/mol. The van der Waals surface area contributed by atoms with Crippen molar-refractivity contribution in [3.05, 3.63) is 0 Å². The highest BCUT2D eigenvalue weighted by molar-refractivity contribution is 4.99. The molecule has 118 valence electrons. The molecule has 1 heterocycles. The molecule has 4 nitrogen and oxygen atoms in total. The smallest absolute Gasteiger partial charge is 0.0531 e. The maximum Gasteiger partial charge on any atom is 0.0531 e. The Hall–Kier alpha value is -0.160. The van der Waals surface area contributed by atoms with E-state index < -0.39 is 0 Å². The van der Waals surface area contributed by atoms with E-state index in [2.05, 4.69) is 36.3 Å². The SMILES string of the molecule is COCC1(CN(C)CC2(N(C)C)CCC2)CCNCC1. The van der Waals surface area contributed by atoms with Gasteiger partial charge in [-0.05, 0) is 66.3 Å². The van der Waals surface area contributed by atoms with E-state index in [0.717, 1.165) is 26.2 Å². The van der Waals surface area contributed by atoms with Gasteiger partial charge in [-0.2, -0.15) is 0 Å². The molecule has 0 atom stereocenters. The van der Waals surface area contributed by atoms with Gasteiger partial charge in [0.2, 0.25) is 0 Å². The molecule has 1 saturated heterocycles. The van der Waals surface area contributed by atoms with Gasteiger partial charge in [0.25, 0.3) is 0 Å². The topological polar surface area (TPSA) is 27.7 Å². The molecule has 2 fully saturated rings. The predicted octanol–water partition coefficient (Wildman–Crippen LogP) is 1.42. The van der Waals surface area contributed by atoms with E-state index in [0.29, 0.717) is 11.0 Å². The highest BCUT2D eigenvalue weighted by atomic mass is 16.5. The third-order valence-electron chi connectivity index (χ3n) is 5.52. The Labute approximate surface area is 124 Å². The molecule has 0 radical (unpaired) electrons. The van der Waals surface area contributed by atoms with E-state index in [1.165, 1.54) is 38.6 Å². The first kappa shape index (κ1) is 16.2. The lowest BCUT2D eigenvalue weighted by Gasteiger charge is -2.50. The summed E-state index contributed by atoms with van der Waals surface area (Å²) in [5, 5.41) is 3.48. The lowest BCUT2D eigenvalue weighted by Crippen LogP contribution is -2.58. The molecule has 0 aromatic heterocycles. The van der Waals surface area contributed by atoms with Crippen LogP contribution in [0.2, 0.25) is 0 Å². The summed E-state index contributed by atoms with van der Waals surface area (Å²) in [5.41, 5.74) is 0.780. The first-order valence-corrected chi connectivity index (χ1v) is 8.08. The minimum absolute atomic E-state index is 0.353. The van der Waals surface area contributed by atoms with Crippen LogP contribution in [0.25, 0.3) is 0 Å². The molecule has 2 aliphatic rings. The Bertz CT molecular complexity index is 291. The van der Waals surface area contributed by atoms with Gasteiger partial charge in [-0.25, -0.2) is 0 Å². The summed E-state index contributed by atoms with van der Waals surface area (Å²) in [6.45, 7) is 5.52. The van der Waals surface area contributed by atoms with Crippen molar-refractivity contribution in [2.45, 2.75) is 37.6 Å². The summed E-state index contributed by atoms with van der Waals surface area (Å²) in [7, 11) is 8.62. The third kappa shape index (κ3) is 3.53. The molecule has 1 saturated carbocycles. The molecule has 0 amide bonds. The average molecular weight is 283 g/mol. The molecule has 20 heavy (non-hydrogen) atoms. The second-order valence-electron chi connectivity index (χ2n) is 7.33. The molecule has 1 aliphatic carbocycles. The maximum absolute atomic E-state index is 5.54. The summed E-state index contributed by atoms with van der Waals surface area (Å²) in [6, 6.07) is 0. The summed E-state index contributed by atoms with van der Waals surface area (Å²) in [4.78, 5) is 5.00. The minimum Gasteiger partial charge on any atom is -0.384 e. The number of rotatable bonds is 7. The van der Waals surface area contributed by atoms with Crippen molar-refractivity contribution in [2.75, 3.05) is 61.0 Å². The summed E-state index contributed by atoms with van der Waals surface area (Å²) in [6.07, 6.45) is 6.56. The summed E-state index contributed by atoms with van der Waals surface area (Å²) < 4.78 is 5.54. The van der Waals surface area contributed by atoms with E-state index in [1.807, 2.05) is 7.11 Å². The number of nitrogens with zero attached hydrogens (tertiary/aromatic N) is 2. The normalized spacial score (nSPS) is 24.9. The number of methoxy groups -OCH3 is 1. The van der Waals surface area contributed by atoms with E-state index in [-0.39, 0.29) is 0 Å². The van der Waals surface area contributed by atoms with E-state index in [9.17, 15) is 0 Å². The van der Waals surface area contributed by atoms with E-state index in [1.54, 1.807) is 0 Å². The Morgan fingerprint density at radius 2 is 1.65 bits per heavy atom. The van der Waals surface area contributed by atoms with Crippen LogP contribution in [0.15, 0.2) is 0 Å². The van der Waals surface area contributed by atoms with Crippen LogP contribution < -0.4 is 5.32 Å². The van der Waals surface area contributed by atoms with E-state index in [4.69, 9.17) is 4.74 Å². The highest BCUT2D eigenvalue weighted by Crippen LogP contribution is 2.38. The average Bonchev–Trinajstić information content (AvgIpc) is 2.34. The number of likely N-dealkylation sites (N-methyl/N-ethyl adjacent to an activating group) is 2. The number of ether oxygens (including phenoxy) is 1. The molecule has 0 aromatic carbocycles. The molecular weight excluding hydrogens is 250 g/mol. The summed E-state index contributed by atoms with van der Waals surface area (Å²) in [5.74, 6) is 0. The van der Waals surface area contributed by atoms with Crippen molar-refractivity contribution in [1.29, 1.82) is 0 Å². The number of nitrogens with one attached hydrogen (secondary N) is 1. The van der Waals surface area contributed by atoms with Crippen LogP contribution in [0.1, 0.15) is 32.1 Å². The first-order chi connectivity index (χ1) is 9.52. The Morgan fingerprint density at radius 3 is 2.10 bits per heavy atom. The van der Waals surface area contributed by atoms with Gasteiger partial charge in [-0.15, -0.1) is 0 Å². The summed E-state index contributed by atoms with van der Waals surface area (Å²) >= 11 is 0. The van der Waals surface area contributed by atoms with Crippen LogP contribution in [-0.4, -0.2) is 76.4 Å². The van der Waals surface area contributed by atoms with Gasteiger partial charge in [0.1, 0.15) is 0 Å². The number of hydrogen-bond donors (Lipinski definition) is 1. The van der Waals surface area contributed by atoms with Crippen molar-refractivity contribution in [2.24, 2.45) is 5.41 Å². The zero-order chi connectivity index (χ0) is 14.6. The molecule has 0 aromatic rings. The largest absolute Gasteiger partial charge is 0.384 e. The van der Waals surface area contributed by atoms with Crippen molar-refractivity contribution >= 4 is 0 Å². The molecular formula is C16H33N3O. The molecule has 0 bridgehead atoms. The lowest BCUT2D eigenvalue weighted by molar-refractivity contribution is -0.00990. The minimum atomic E-state index is 0.353. The van der Waals surface area contributed by atoms with Gasteiger partial charge in [0.05, 0.1) is 6.61 Å². The molecule has 1 aliphatic heterocycles. The van der Waals surface area contributed by atoms with Crippen molar-refractivity contribution in [1.82, 2.24) is 15.1 Å². The van der Waals surface area contributed by atoms with Crippen LogP contribution >= 0.6 is 0 Å². The van der Waals surface area contributed by atoms with Gasteiger partial charge < -0.3 is 19.9 Å². The fourth-order valence-electron chi connectivity index (χ4n) is 4.07. The molecule has 2 rings (SSSR count). The molecule has 0 unspecified atom stereocenters. The molecule has 1 N–H and O–H groups in total. The van der Waals surface area contributed by atoms with Gasteiger partial charge in [-0.3, -0.25) is 0 Å². The zero-order valence-electron chi connectivity index (χ0n) is 13.9. The van der Waals surface area contributed by atoms with Gasteiger partial charge in [0, 0.05) is 31.2 Å². The quantitative estimate of drug-likeness (QED) is 0.765. The lowest BCUT2D eigenvalue weighted by atomic mass is 9.74. The fourth-order valence-corrected chi connectivity index (χ4v) is 4.07. The van der Waals surface area contributed by atoms with Crippen LogP contribution in [0.4, 0.5) is 0 Å². The van der Waals surface area contributed by atoms with E-state index >= 15 is 0 Å². The Kier molecular flexibility index (Phi) is 5.46. The second-order valence-corrected chi connectivity index (χ2v) is 7.33.